The number of anilines is 1. The van der Waals surface area contributed by atoms with E-state index in [1.54, 1.807) is 42.5 Å². The summed E-state index contributed by atoms with van der Waals surface area (Å²) in [6.07, 6.45) is 34.5. The molecule has 1 fully saturated rings. The number of phosphoric ester groups is 2. The molecular formula is C52H83N3O17P2. The van der Waals surface area contributed by atoms with Gasteiger partial charge in [0.15, 0.2) is 12.3 Å². The third-order valence-electron chi connectivity index (χ3n) is 11.1. The number of rotatable bonds is 41. The van der Waals surface area contributed by atoms with Crippen molar-refractivity contribution in [3.63, 3.8) is 0 Å². The van der Waals surface area contributed by atoms with Gasteiger partial charge in [-0.05, 0) is 70.3 Å². The third-order valence-corrected chi connectivity index (χ3v) is 13.7. The van der Waals surface area contributed by atoms with Crippen molar-refractivity contribution in [1.29, 1.82) is 0 Å². The quantitative estimate of drug-likeness (QED) is 0.0106. The number of hydrogen-bond acceptors (Lipinski definition) is 17. The largest absolute Gasteiger partial charge is 0.481 e. The monoisotopic (exact) mass is 1080 g/mol. The molecule has 1 aliphatic rings. The summed E-state index contributed by atoms with van der Waals surface area (Å²) in [5.41, 5.74) is 4.57. The first-order chi connectivity index (χ1) is 35.5. The predicted molar refractivity (Wildman–Crippen MR) is 282 cm³/mol. The average molecular weight is 1080 g/mol. The van der Waals surface area contributed by atoms with Crippen molar-refractivity contribution in [1.82, 2.24) is 9.55 Å². The van der Waals surface area contributed by atoms with E-state index < -0.39 is 95.9 Å². The molecule has 0 amide bonds. The van der Waals surface area contributed by atoms with E-state index >= 15 is 0 Å². The van der Waals surface area contributed by atoms with Gasteiger partial charge in [0, 0.05) is 19.0 Å². The second-order valence-corrected chi connectivity index (χ2v) is 20.7. The number of aliphatic hydroxyl groups excluding tert-OH is 4. The Bertz CT molecular complexity index is 2110. The van der Waals surface area contributed by atoms with Gasteiger partial charge in [0.2, 0.25) is 0 Å². The molecular weight excluding hydrogens is 1000 g/mol. The van der Waals surface area contributed by atoms with Gasteiger partial charge in [0.05, 0.1) is 25.4 Å². The molecule has 1 aromatic heterocycles. The molecule has 9 atom stereocenters. The van der Waals surface area contributed by atoms with Gasteiger partial charge in [-0.3, -0.25) is 23.2 Å². The number of aromatic nitrogens is 2. The lowest BCUT2D eigenvalue weighted by Gasteiger charge is -2.21. The Morgan fingerprint density at radius 3 is 1.95 bits per heavy atom. The summed E-state index contributed by atoms with van der Waals surface area (Å²) < 4.78 is 56.6. The molecule has 0 radical (unpaired) electrons. The van der Waals surface area contributed by atoms with Gasteiger partial charge in [0.1, 0.15) is 30.7 Å². The first kappa shape index (κ1) is 66.0. The minimum Gasteiger partial charge on any atom is -0.462 e. The summed E-state index contributed by atoms with van der Waals surface area (Å²) in [6.45, 7) is 1.77. The highest BCUT2D eigenvalue weighted by molar-refractivity contribution is 7.61. The van der Waals surface area contributed by atoms with Crippen molar-refractivity contribution in [3.8, 4) is 0 Å². The summed E-state index contributed by atoms with van der Waals surface area (Å²) in [5.74, 6) is -1.49. The van der Waals surface area contributed by atoms with E-state index in [0.29, 0.717) is 32.1 Å². The normalized spacial score (nSPS) is 20.4. The minimum absolute atomic E-state index is 0.00198. The molecule has 0 aromatic carbocycles. The van der Waals surface area contributed by atoms with Gasteiger partial charge in [-0.15, -0.1) is 0 Å². The summed E-state index contributed by atoms with van der Waals surface area (Å²) in [5, 5.41) is 41.0. The van der Waals surface area contributed by atoms with Gasteiger partial charge in [0.25, 0.3) is 0 Å². The van der Waals surface area contributed by atoms with Gasteiger partial charge in [-0.2, -0.15) is 9.29 Å². The van der Waals surface area contributed by atoms with E-state index in [9.17, 15) is 53.7 Å². The van der Waals surface area contributed by atoms with Crippen LogP contribution in [0, 0.1) is 0 Å². The molecule has 0 saturated carbocycles. The fourth-order valence-corrected chi connectivity index (χ4v) is 9.21. The molecule has 20 nitrogen and oxygen atoms in total. The lowest BCUT2D eigenvalue weighted by atomic mass is 10.1. The Morgan fingerprint density at radius 2 is 1.31 bits per heavy atom. The van der Waals surface area contributed by atoms with Crippen molar-refractivity contribution in [2.24, 2.45) is 0 Å². The van der Waals surface area contributed by atoms with Gasteiger partial charge >= 0.3 is 33.3 Å². The van der Waals surface area contributed by atoms with E-state index in [1.807, 2.05) is 37.3 Å². The minimum atomic E-state index is -5.47. The maximum Gasteiger partial charge on any atom is 0.481 e. The van der Waals surface area contributed by atoms with Crippen LogP contribution in [-0.2, 0) is 46.3 Å². The molecule has 2 heterocycles. The highest BCUT2D eigenvalue weighted by atomic mass is 31.3. The van der Waals surface area contributed by atoms with Crippen molar-refractivity contribution in [3.05, 3.63) is 108 Å². The second-order valence-electron chi connectivity index (χ2n) is 17.7. The molecule has 418 valence electrons. The number of carbonyl (C=O) groups is 2. The van der Waals surface area contributed by atoms with Gasteiger partial charge in [-0.1, -0.05) is 150 Å². The fourth-order valence-electron chi connectivity index (χ4n) is 7.10. The molecule has 1 saturated heterocycles. The van der Waals surface area contributed by atoms with E-state index in [-0.39, 0.29) is 18.7 Å². The SMILES string of the molecule is CC/C=C\C[C@@H](O)/C=C/C=C\C=C\[C@@H](O)C/C=C\C/C=C\CCC(=O)OC[C@H](COP(=O)(O)OP(=O)(O)OC[C@H]1O[C@@H](n2ccc(N)nc2=O)[C@H](O)[C@@H]1O)OC(=O)CCCCCCC/C=C\CCCCCCCC. The van der Waals surface area contributed by atoms with E-state index in [4.69, 9.17) is 29.0 Å². The summed E-state index contributed by atoms with van der Waals surface area (Å²) in [7, 11) is -10.9. The number of carbonyl (C=O) groups excluding carboxylic acids is 2. The van der Waals surface area contributed by atoms with Gasteiger partial charge in [-0.25, -0.2) is 13.9 Å². The summed E-state index contributed by atoms with van der Waals surface area (Å²) in [4.78, 5) is 61.9. The number of nitrogens with two attached hydrogens (primary N) is 1. The Kier molecular flexibility index (Phi) is 35.0. The lowest BCUT2D eigenvalue weighted by Crippen LogP contribution is -2.36. The number of nitrogen functional groups attached to an aromatic ring is 1. The van der Waals surface area contributed by atoms with Crippen LogP contribution in [0.3, 0.4) is 0 Å². The van der Waals surface area contributed by atoms with Crippen LogP contribution >= 0.6 is 15.6 Å². The van der Waals surface area contributed by atoms with Crippen LogP contribution in [0.1, 0.15) is 148 Å². The number of esters is 2. The maximum absolute atomic E-state index is 12.9. The van der Waals surface area contributed by atoms with E-state index in [0.717, 1.165) is 55.7 Å². The molecule has 2 unspecified atom stereocenters. The Balaban J connectivity index is 1.86. The zero-order chi connectivity index (χ0) is 54.5. The smallest absolute Gasteiger partial charge is 0.462 e. The summed E-state index contributed by atoms with van der Waals surface area (Å²) >= 11 is 0. The number of ether oxygens (including phenoxy) is 3. The Hall–Kier alpha value is -4.14. The highest BCUT2D eigenvalue weighted by Gasteiger charge is 2.46. The third kappa shape index (κ3) is 31.7. The summed E-state index contributed by atoms with van der Waals surface area (Å²) in [6, 6.07) is 1.23. The molecule has 1 aliphatic heterocycles. The van der Waals surface area contributed by atoms with Crippen LogP contribution in [0.4, 0.5) is 5.82 Å². The van der Waals surface area contributed by atoms with Gasteiger partial charge < -0.3 is 50.2 Å². The van der Waals surface area contributed by atoms with Crippen molar-refractivity contribution in [2.45, 2.75) is 185 Å². The maximum atomic E-state index is 12.9. The topological polar surface area (TPSA) is 306 Å². The van der Waals surface area contributed by atoms with Crippen LogP contribution in [0.2, 0.25) is 0 Å². The number of nitrogens with zero attached hydrogens (tertiary/aromatic N) is 2. The molecule has 1 aromatic rings. The average Bonchev–Trinajstić information content (AvgIpc) is 3.63. The Morgan fingerprint density at radius 1 is 0.730 bits per heavy atom. The first-order valence-electron chi connectivity index (χ1n) is 25.8. The number of aliphatic hydroxyl groups is 4. The highest BCUT2D eigenvalue weighted by Crippen LogP contribution is 2.60. The number of allylic oxidation sites excluding steroid dienone is 10. The molecule has 22 heteroatoms. The van der Waals surface area contributed by atoms with Crippen molar-refractivity contribution >= 4 is 33.4 Å². The van der Waals surface area contributed by atoms with Crippen molar-refractivity contribution < 1.29 is 76.5 Å². The van der Waals surface area contributed by atoms with Crippen LogP contribution in [0.15, 0.2) is 102 Å². The molecule has 8 N–H and O–H groups in total. The lowest BCUT2D eigenvalue weighted by molar-refractivity contribution is -0.161. The number of hydrogen-bond donors (Lipinski definition) is 7. The fraction of sp³-hybridized carbons (Fsp3) is 0.615. The molecule has 74 heavy (non-hydrogen) atoms. The first-order valence-corrected chi connectivity index (χ1v) is 28.8. The molecule has 0 bridgehead atoms. The Labute approximate surface area is 436 Å². The molecule has 0 spiro atoms. The number of phosphoric acid groups is 2. The molecule has 0 aliphatic carbocycles. The van der Waals surface area contributed by atoms with Crippen LogP contribution in [0.5, 0.6) is 0 Å². The van der Waals surface area contributed by atoms with Crippen LogP contribution < -0.4 is 11.4 Å². The zero-order valence-electron chi connectivity index (χ0n) is 43.1. The van der Waals surface area contributed by atoms with Crippen LogP contribution in [-0.4, -0.2) is 108 Å². The second kappa shape index (κ2) is 39.3. The van der Waals surface area contributed by atoms with E-state index in [1.165, 1.54) is 44.6 Å². The van der Waals surface area contributed by atoms with E-state index in [2.05, 4.69) is 28.4 Å². The van der Waals surface area contributed by atoms with Crippen LogP contribution in [0.25, 0.3) is 0 Å². The predicted octanol–water partition coefficient (Wildman–Crippen LogP) is 8.61. The zero-order valence-corrected chi connectivity index (χ0v) is 44.9. The van der Waals surface area contributed by atoms with Crippen molar-refractivity contribution in [2.75, 3.05) is 25.6 Å². The number of unbranched alkanes of at least 4 members (excludes halogenated alkanes) is 11. The standard InChI is InChI=1S/C52H83N3O17P2/c1-3-5-7-8-9-10-11-12-13-14-15-16-17-22-30-36-48(59)70-44(39-67-47(58)35-29-21-19-18-20-26-32-43(57)34-28-24-23-27-33-42(56)31-25-6-4-2)40-68-73(63,64)72-74(65,66)69-41-45-49(60)50(61)51(71-45)55-38-37-46(53)54-52(55)62/h6,12-13,19-21,23-28,33-34,37-38,42-45,49-51,56-57,60-61H,3-5,7-11,14-18,22,29-32,35-36,39-41H2,1-2H3,(H,63,64)(H,65,66)(H2,53,54,62)/b13-12-,21-19-,24-23-,25-6-,26-20-,33-27+,34-28+/t42-,43+,44-,45-,49-,50-,51-/m1/s1. The molecule has 2 rings (SSSR count).